The Labute approximate surface area is 120 Å². The molecule has 100 valence electrons. The van der Waals surface area contributed by atoms with Crippen molar-refractivity contribution in [2.45, 2.75) is 26.3 Å². The van der Waals surface area contributed by atoms with Crippen LogP contribution in [0.25, 0.3) is 0 Å². The molecule has 0 radical (unpaired) electrons. The van der Waals surface area contributed by atoms with Crippen molar-refractivity contribution in [3.05, 3.63) is 20.8 Å². The Morgan fingerprint density at radius 2 is 2.44 bits per heavy atom. The van der Waals surface area contributed by atoms with Crippen LogP contribution in [0.15, 0.2) is 15.9 Å². The smallest absolute Gasteiger partial charge is 0.310 e. The number of hydrogen-bond acceptors (Lipinski definition) is 4. The maximum Gasteiger partial charge on any atom is 0.310 e. The van der Waals surface area contributed by atoms with E-state index in [2.05, 4.69) is 33.0 Å². The van der Waals surface area contributed by atoms with E-state index in [1.165, 1.54) is 4.88 Å². The van der Waals surface area contributed by atoms with E-state index in [0.717, 1.165) is 36.3 Å². The topological polar surface area (TPSA) is 29.5 Å². The first-order valence-corrected chi connectivity index (χ1v) is 7.93. The van der Waals surface area contributed by atoms with Crippen molar-refractivity contribution < 1.29 is 9.53 Å². The van der Waals surface area contributed by atoms with Crippen molar-refractivity contribution in [2.24, 2.45) is 5.92 Å². The maximum atomic E-state index is 11.7. The van der Waals surface area contributed by atoms with Crippen molar-refractivity contribution in [2.75, 3.05) is 19.7 Å². The minimum absolute atomic E-state index is 0.0328. The summed E-state index contributed by atoms with van der Waals surface area (Å²) in [5, 5.41) is 0. The Hall–Kier alpha value is -0.390. The van der Waals surface area contributed by atoms with Gasteiger partial charge in [0.05, 0.1) is 16.3 Å². The van der Waals surface area contributed by atoms with E-state index in [-0.39, 0.29) is 11.9 Å². The molecule has 0 bridgehead atoms. The standard InChI is InChI=1S/C13H18BrNO2S/c1-2-17-13(16)10-4-3-7-15(8-10)9-11-5-6-12(14)18-11/h5-6,10H,2-4,7-9H2,1H3/t10-/m1/s1. The minimum Gasteiger partial charge on any atom is -0.466 e. The highest BCUT2D eigenvalue weighted by atomic mass is 79.9. The van der Waals surface area contributed by atoms with Crippen LogP contribution in [0.1, 0.15) is 24.6 Å². The lowest BCUT2D eigenvalue weighted by Crippen LogP contribution is -2.38. The number of thiophene rings is 1. The van der Waals surface area contributed by atoms with Crippen molar-refractivity contribution in [3.63, 3.8) is 0 Å². The summed E-state index contributed by atoms with van der Waals surface area (Å²) in [5.41, 5.74) is 0. The molecule has 1 aromatic heterocycles. The number of ether oxygens (including phenoxy) is 1. The van der Waals surface area contributed by atoms with E-state index in [9.17, 15) is 4.79 Å². The zero-order chi connectivity index (χ0) is 13.0. The van der Waals surface area contributed by atoms with E-state index in [1.54, 1.807) is 11.3 Å². The lowest BCUT2D eigenvalue weighted by Gasteiger charge is -2.31. The first kappa shape index (κ1) is 14.0. The van der Waals surface area contributed by atoms with E-state index >= 15 is 0 Å². The Kier molecular flexibility index (Phi) is 5.21. The molecule has 1 aromatic rings. The van der Waals surface area contributed by atoms with Gasteiger partial charge in [-0.3, -0.25) is 9.69 Å². The van der Waals surface area contributed by atoms with Crippen molar-refractivity contribution in [1.82, 2.24) is 4.90 Å². The highest BCUT2D eigenvalue weighted by Crippen LogP contribution is 2.25. The third kappa shape index (κ3) is 3.80. The number of carbonyl (C=O) groups is 1. The molecule has 1 saturated heterocycles. The van der Waals surface area contributed by atoms with Gasteiger partial charge in [-0.15, -0.1) is 11.3 Å². The van der Waals surface area contributed by atoms with Crippen LogP contribution >= 0.6 is 27.3 Å². The third-order valence-corrected chi connectivity index (χ3v) is 4.74. The van der Waals surface area contributed by atoms with Gasteiger partial charge in [0.15, 0.2) is 0 Å². The van der Waals surface area contributed by atoms with Crippen LogP contribution in [0.4, 0.5) is 0 Å². The number of hydrogen-bond donors (Lipinski definition) is 0. The number of esters is 1. The summed E-state index contributed by atoms with van der Waals surface area (Å²) >= 11 is 5.24. The lowest BCUT2D eigenvalue weighted by atomic mass is 9.98. The molecular weight excluding hydrogens is 314 g/mol. The van der Waals surface area contributed by atoms with Crippen LogP contribution in [-0.2, 0) is 16.1 Å². The van der Waals surface area contributed by atoms with Gasteiger partial charge in [0.2, 0.25) is 0 Å². The van der Waals surface area contributed by atoms with Gasteiger partial charge in [-0.05, 0) is 54.4 Å². The van der Waals surface area contributed by atoms with Gasteiger partial charge >= 0.3 is 5.97 Å². The normalized spacial score (nSPS) is 20.9. The predicted octanol–water partition coefficient (Wildman–Crippen LogP) is 3.29. The number of likely N-dealkylation sites (tertiary alicyclic amines) is 1. The summed E-state index contributed by atoms with van der Waals surface area (Å²) in [7, 11) is 0. The minimum atomic E-state index is -0.0328. The maximum absolute atomic E-state index is 11.7. The zero-order valence-corrected chi connectivity index (χ0v) is 12.9. The summed E-state index contributed by atoms with van der Waals surface area (Å²) in [4.78, 5) is 15.4. The Balaban J connectivity index is 1.88. The Bertz CT molecular complexity index is 407. The molecule has 0 aromatic carbocycles. The van der Waals surface area contributed by atoms with E-state index in [0.29, 0.717) is 6.61 Å². The molecule has 1 aliphatic heterocycles. The van der Waals surface area contributed by atoms with Gasteiger partial charge in [0.25, 0.3) is 0 Å². The quantitative estimate of drug-likeness (QED) is 0.793. The number of rotatable bonds is 4. The van der Waals surface area contributed by atoms with Crippen LogP contribution < -0.4 is 0 Å². The lowest BCUT2D eigenvalue weighted by molar-refractivity contribution is -0.150. The average Bonchev–Trinajstić information content (AvgIpc) is 2.75. The monoisotopic (exact) mass is 331 g/mol. The van der Waals surface area contributed by atoms with Crippen LogP contribution in [0.2, 0.25) is 0 Å². The van der Waals surface area contributed by atoms with Gasteiger partial charge in [-0.25, -0.2) is 0 Å². The van der Waals surface area contributed by atoms with E-state index in [4.69, 9.17) is 4.74 Å². The first-order chi connectivity index (χ1) is 8.69. The largest absolute Gasteiger partial charge is 0.466 e. The first-order valence-electron chi connectivity index (χ1n) is 6.32. The molecule has 5 heteroatoms. The molecule has 0 amide bonds. The predicted molar refractivity (Wildman–Crippen MR) is 76.7 cm³/mol. The van der Waals surface area contributed by atoms with Gasteiger partial charge in [0, 0.05) is 18.0 Å². The number of carbonyl (C=O) groups excluding carboxylic acids is 1. The van der Waals surface area contributed by atoms with Gasteiger partial charge < -0.3 is 4.74 Å². The van der Waals surface area contributed by atoms with Crippen LogP contribution in [-0.4, -0.2) is 30.6 Å². The fraction of sp³-hybridized carbons (Fsp3) is 0.615. The highest BCUT2D eigenvalue weighted by Gasteiger charge is 2.26. The fourth-order valence-corrected chi connectivity index (χ4v) is 3.83. The SMILES string of the molecule is CCOC(=O)[C@@H]1CCCN(Cc2ccc(Br)s2)C1. The number of piperidine rings is 1. The summed E-state index contributed by atoms with van der Waals surface area (Å²) in [6.45, 7) is 5.18. The van der Waals surface area contributed by atoms with Gasteiger partial charge in [0.1, 0.15) is 0 Å². The molecule has 2 rings (SSSR count). The average molecular weight is 332 g/mol. The molecule has 3 nitrogen and oxygen atoms in total. The number of nitrogens with zero attached hydrogens (tertiary/aromatic N) is 1. The van der Waals surface area contributed by atoms with Crippen molar-refractivity contribution in [3.8, 4) is 0 Å². The molecule has 0 N–H and O–H groups in total. The molecule has 0 aliphatic carbocycles. The zero-order valence-electron chi connectivity index (χ0n) is 10.5. The fourth-order valence-electron chi connectivity index (χ4n) is 2.31. The van der Waals surface area contributed by atoms with Crippen molar-refractivity contribution in [1.29, 1.82) is 0 Å². The van der Waals surface area contributed by atoms with Crippen LogP contribution in [0, 0.1) is 5.92 Å². The number of halogens is 1. The van der Waals surface area contributed by atoms with Crippen molar-refractivity contribution >= 4 is 33.2 Å². The third-order valence-electron chi connectivity index (χ3n) is 3.13. The summed E-state index contributed by atoms with van der Waals surface area (Å²) in [6.07, 6.45) is 2.04. The second kappa shape index (κ2) is 6.68. The van der Waals surface area contributed by atoms with Crippen LogP contribution in [0.3, 0.4) is 0 Å². The summed E-state index contributed by atoms with van der Waals surface area (Å²) in [6, 6.07) is 4.22. The molecule has 18 heavy (non-hydrogen) atoms. The highest BCUT2D eigenvalue weighted by molar-refractivity contribution is 9.11. The van der Waals surface area contributed by atoms with Crippen LogP contribution in [0.5, 0.6) is 0 Å². The summed E-state index contributed by atoms with van der Waals surface area (Å²) in [5.74, 6) is 0.0247. The molecular formula is C13H18BrNO2S. The second-order valence-electron chi connectivity index (χ2n) is 4.53. The molecule has 1 atom stereocenters. The molecule has 0 unspecified atom stereocenters. The second-order valence-corrected chi connectivity index (χ2v) is 7.08. The van der Waals surface area contributed by atoms with E-state index < -0.39 is 0 Å². The molecule has 1 aliphatic rings. The molecule has 0 saturated carbocycles. The summed E-state index contributed by atoms with van der Waals surface area (Å²) < 4.78 is 6.28. The van der Waals surface area contributed by atoms with E-state index in [1.807, 2.05) is 6.92 Å². The molecule has 1 fully saturated rings. The Morgan fingerprint density at radius 3 is 3.11 bits per heavy atom. The van der Waals surface area contributed by atoms with Gasteiger partial charge in [-0.2, -0.15) is 0 Å². The Morgan fingerprint density at radius 1 is 1.61 bits per heavy atom. The molecule has 0 spiro atoms. The molecule has 2 heterocycles. The van der Waals surface area contributed by atoms with Gasteiger partial charge in [-0.1, -0.05) is 0 Å².